The number of alkyl halides is 1. The van der Waals surface area contributed by atoms with Crippen molar-refractivity contribution in [3.8, 4) is 17.6 Å². The molecule has 1 heterocycles. The van der Waals surface area contributed by atoms with E-state index in [-0.39, 0.29) is 0 Å². The summed E-state index contributed by atoms with van der Waals surface area (Å²) in [6.07, 6.45) is 1.56. The standard InChI is InChI=1S/C16H18ClN3O/c1-13(2)10-20-16(18-12-19-20)11-21-15-7-3-5-14(9-15)6-4-8-17/h3,5,7,9,12-13H,8,10-11H2,1-2H3. The fraction of sp³-hybridized carbons (Fsp3) is 0.375. The molecular weight excluding hydrogens is 286 g/mol. The van der Waals surface area contributed by atoms with Gasteiger partial charge in [0.15, 0.2) is 5.82 Å². The van der Waals surface area contributed by atoms with Gasteiger partial charge in [-0.1, -0.05) is 31.8 Å². The second kappa shape index (κ2) is 7.70. The summed E-state index contributed by atoms with van der Waals surface area (Å²) in [5, 5.41) is 4.22. The van der Waals surface area contributed by atoms with Crippen molar-refractivity contribution in [2.45, 2.75) is 27.0 Å². The van der Waals surface area contributed by atoms with Crippen LogP contribution in [0.5, 0.6) is 5.75 Å². The normalized spacial score (nSPS) is 10.3. The fourth-order valence-electron chi connectivity index (χ4n) is 1.85. The Balaban J connectivity index is 2.01. The van der Waals surface area contributed by atoms with E-state index in [0.717, 1.165) is 23.7 Å². The molecule has 0 unspecified atom stereocenters. The number of hydrogen-bond donors (Lipinski definition) is 0. The first kappa shape index (κ1) is 15.4. The van der Waals surface area contributed by atoms with Gasteiger partial charge in [-0.3, -0.25) is 0 Å². The van der Waals surface area contributed by atoms with Gasteiger partial charge < -0.3 is 4.74 Å². The Morgan fingerprint density at radius 1 is 1.38 bits per heavy atom. The Kier molecular flexibility index (Phi) is 5.65. The van der Waals surface area contributed by atoms with Crippen LogP contribution in [-0.4, -0.2) is 20.6 Å². The van der Waals surface area contributed by atoms with E-state index < -0.39 is 0 Å². The van der Waals surface area contributed by atoms with E-state index >= 15 is 0 Å². The largest absolute Gasteiger partial charge is 0.486 e. The van der Waals surface area contributed by atoms with Crippen LogP contribution in [0.15, 0.2) is 30.6 Å². The second-order valence-electron chi connectivity index (χ2n) is 5.00. The minimum Gasteiger partial charge on any atom is -0.486 e. The maximum atomic E-state index is 5.77. The lowest BCUT2D eigenvalue weighted by atomic mass is 10.2. The van der Waals surface area contributed by atoms with Crippen LogP contribution in [0.1, 0.15) is 25.2 Å². The zero-order valence-electron chi connectivity index (χ0n) is 12.2. The Morgan fingerprint density at radius 2 is 2.24 bits per heavy atom. The molecule has 5 heteroatoms. The molecular formula is C16H18ClN3O. The molecule has 0 radical (unpaired) electrons. The van der Waals surface area contributed by atoms with Crippen LogP contribution >= 0.6 is 11.6 Å². The Labute approximate surface area is 130 Å². The molecule has 0 fully saturated rings. The third-order valence-electron chi connectivity index (χ3n) is 2.74. The topological polar surface area (TPSA) is 39.9 Å². The molecule has 0 spiro atoms. The first-order valence-corrected chi connectivity index (χ1v) is 7.37. The zero-order valence-corrected chi connectivity index (χ0v) is 13.0. The molecule has 0 aliphatic heterocycles. The van der Waals surface area contributed by atoms with Gasteiger partial charge in [-0.25, -0.2) is 9.67 Å². The van der Waals surface area contributed by atoms with Crippen molar-refractivity contribution in [2.75, 3.05) is 5.88 Å². The van der Waals surface area contributed by atoms with Crippen LogP contribution in [0.25, 0.3) is 0 Å². The minimum absolute atomic E-state index is 0.323. The van der Waals surface area contributed by atoms with Gasteiger partial charge in [-0.2, -0.15) is 5.10 Å². The molecule has 2 aromatic rings. The summed E-state index contributed by atoms with van der Waals surface area (Å²) >= 11 is 5.56. The summed E-state index contributed by atoms with van der Waals surface area (Å²) in [6, 6.07) is 7.62. The SMILES string of the molecule is CC(C)Cn1ncnc1COc1cccc(C#CCCl)c1. The molecule has 0 saturated carbocycles. The number of halogens is 1. The van der Waals surface area contributed by atoms with Gasteiger partial charge in [0.1, 0.15) is 18.7 Å². The van der Waals surface area contributed by atoms with Crippen molar-refractivity contribution >= 4 is 11.6 Å². The Bertz CT molecular complexity index is 640. The zero-order chi connectivity index (χ0) is 15.1. The van der Waals surface area contributed by atoms with Crippen LogP contribution in [0.2, 0.25) is 0 Å². The van der Waals surface area contributed by atoms with Crippen LogP contribution in [0, 0.1) is 17.8 Å². The average Bonchev–Trinajstić information content (AvgIpc) is 2.90. The number of hydrogen-bond acceptors (Lipinski definition) is 3. The molecule has 2 rings (SSSR count). The fourth-order valence-corrected chi connectivity index (χ4v) is 1.91. The molecule has 110 valence electrons. The van der Waals surface area contributed by atoms with Gasteiger partial charge in [0.2, 0.25) is 0 Å². The van der Waals surface area contributed by atoms with Crippen LogP contribution in [-0.2, 0) is 13.2 Å². The van der Waals surface area contributed by atoms with E-state index in [9.17, 15) is 0 Å². The Hall–Kier alpha value is -1.99. The lowest BCUT2D eigenvalue weighted by Gasteiger charge is -2.10. The van der Waals surface area contributed by atoms with Gasteiger partial charge >= 0.3 is 0 Å². The summed E-state index contributed by atoms with van der Waals surface area (Å²) in [6.45, 7) is 5.51. The predicted molar refractivity (Wildman–Crippen MR) is 83.2 cm³/mol. The first-order valence-electron chi connectivity index (χ1n) is 6.83. The van der Waals surface area contributed by atoms with E-state index in [2.05, 4.69) is 35.8 Å². The van der Waals surface area contributed by atoms with E-state index in [4.69, 9.17) is 16.3 Å². The van der Waals surface area contributed by atoms with Crippen LogP contribution in [0.3, 0.4) is 0 Å². The molecule has 0 bridgehead atoms. The number of benzene rings is 1. The van der Waals surface area contributed by atoms with E-state index in [0.29, 0.717) is 18.4 Å². The highest BCUT2D eigenvalue weighted by atomic mass is 35.5. The maximum Gasteiger partial charge on any atom is 0.164 e. The lowest BCUT2D eigenvalue weighted by Crippen LogP contribution is -2.12. The number of aromatic nitrogens is 3. The van der Waals surface area contributed by atoms with Crippen molar-refractivity contribution in [3.63, 3.8) is 0 Å². The van der Waals surface area contributed by atoms with Crippen LogP contribution < -0.4 is 4.74 Å². The van der Waals surface area contributed by atoms with Gasteiger partial charge in [0, 0.05) is 12.1 Å². The van der Waals surface area contributed by atoms with Gasteiger partial charge in [0.05, 0.1) is 5.88 Å². The van der Waals surface area contributed by atoms with E-state index in [1.807, 2.05) is 28.9 Å². The molecule has 0 saturated heterocycles. The van der Waals surface area contributed by atoms with Crippen molar-refractivity contribution in [1.82, 2.24) is 14.8 Å². The third kappa shape index (κ3) is 4.80. The second-order valence-corrected chi connectivity index (χ2v) is 5.27. The van der Waals surface area contributed by atoms with Gasteiger partial charge in [0.25, 0.3) is 0 Å². The van der Waals surface area contributed by atoms with Gasteiger partial charge in [-0.05, 0) is 24.1 Å². The molecule has 0 aliphatic rings. The quantitative estimate of drug-likeness (QED) is 0.629. The molecule has 1 aromatic heterocycles. The summed E-state index contributed by atoms with van der Waals surface area (Å²) in [5.74, 6) is 8.21. The first-order chi connectivity index (χ1) is 10.2. The average molecular weight is 304 g/mol. The Morgan fingerprint density at radius 3 is 3.00 bits per heavy atom. The summed E-state index contributed by atoms with van der Waals surface area (Å²) in [4.78, 5) is 4.24. The molecule has 0 aliphatic carbocycles. The molecule has 0 amide bonds. The number of nitrogens with zero attached hydrogens (tertiary/aromatic N) is 3. The summed E-state index contributed by atoms with van der Waals surface area (Å²) < 4.78 is 7.65. The van der Waals surface area contributed by atoms with E-state index in [1.165, 1.54) is 0 Å². The molecule has 4 nitrogen and oxygen atoms in total. The lowest BCUT2D eigenvalue weighted by molar-refractivity contribution is 0.282. The third-order valence-corrected chi connectivity index (χ3v) is 2.87. The highest BCUT2D eigenvalue weighted by Crippen LogP contribution is 2.14. The minimum atomic E-state index is 0.323. The molecule has 0 atom stereocenters. The van der Waals surface area contributed by atoms with E-state index in [1.54, 1.807) is 6.33 Å². The van der Waals surface area contributed by atoms with Crippen molar-refractivity contribution in [2.24, 2.45) is 5.92 Å². The van der Waals surface area contributed by atoms with Crippen molar-refractivity contribution in [3.05, 3.63) is 42.0 Å². The molecule has 0 N–H and O–H groups in total. The highest BCUT2D eigenvalue weighted by Gasteiger charge is 2.07. The maximum absolute atomic E-state index is 5.77. The molecule has 1 aromatic carbocycles. The van der Waals surface area contributed by atoms with Crippen LogP contribution in [0.4, 0.5) is 0 Å². The highest BCUT2D eigenvalue weighted by molar-refractivity contribution is 6.19. The predicted octanol–water partition coefficient (Wildman–Crippen LogP) is 3.10. The number of rotatable bonds is 5. The number of ether oxygens (including phenoxy) is 1. The van der Waals surface area contributed by atoms with Crippen molar-refractivity contribution < 1.29 is 4.74 Å². The van der Waals surface area contributed by atoms with Crippen molar-refractivity contribution in [1.29, 1.82) is 0 Å². The molecule has 21 heavy (non-hydrogen) atoms. The summed E-state index contributed by atoms with van der Waals surface area (Å²) in [7, 11) is 0. The summed E-state index contributed by atoms with van der Waals surface area (Å²) in [5.41, 5.74) is 0.886. The van der Waals surface area contributed by atoms with Gasteiger partial charge in [-0.15, -0.1) is 11.6 Å². The smallest absolute Gasteiger partial charge is 0.164 e. The monoisotopic (exact) mass is 303 g/mol.